The normalized spacial score (nSPS) is 0. The molecule has 5 radical (unpaired) electrons. The minimum atomic E-state index is 0. The van der Waals surface area contributed by atoms with E-state index in [1.165, 1.54) is 0 Å². The molecular weight excluding hydrogens is 83.1 g/mol. The fraction of sp³-hybridized carbons (Fsp3) is 0. The molecule has 4 heavy (non-hydrogen) atoms. The van der Waals surface area contributed by atoms with Crippen molar-refractivity contribution in [2.75, 3.05) is 0 Å². The maximum absolute atomic E-state index is 0. The van der Waals surface area contributed by atoms with Crippen molar-refractivity contribution in [1.82, 2.24) is 0 Å². The monoisotopic (exact) mass is 86.0 g/mol. The van der Waals surface area contributed by atoms with E-state index in [4.69, 9.17) is 0 Å². The number of hydrogen-bond donors (Lipinski definition) is 0. The Hall–Kier alpha value is 1.14. The van der Waals surface area contributed by atoms with Gasteiger partial charge in [0.25, 0.3) is 0 Å². The first kappa shape index (κ1) is 68.0. The maximum atomic E-state index is 0. The molecule has 0 saturated carbocycles. The third-order valence-electron chi connectivity index (χ3n) is 0. The summed E-state index contributed by atoms with van der Waals surface area (Å²) in [7, 11) is 0. The van der Waals surface area contributed by atoms with Crippen LogP contribution in [0.25, 0.3) is 0 Å². The predicted octanol–water partition coefficient (Wildman–Crippen LogP) is -1.76. The van der Waals surface area contributed by atoms with E-state index in [1.807, 2.05) is 0 Å². The smallest absolute Gasteiger partial charge is 0 e. The number of rotatable bonds is 0. The molecule has 0 atom stereocenters. The molecule has 21 valence electrons. The van der Waals surface area contributed by atoms with Crippen molar-refractivity contribution in [3.05, 3.63) is 0 Å². The van der Waals surface area contributed by atoms with E-state index in [9.17, 15) is 0 Å². The van der Waals surface area contributed by atoms with E-state index in [2.05, 4.69) is 0 Å². The molecule has 0 saturated heterocycles. The standard InChI is InChI=1S/Na.2H2O.Si/h;2*1H2;/p-1. The summed E-state index contributed by atoms with van der Waals surface area (Å²) in [4.78, 5) is 0. The van der Waals surface area contributed by atoms with Crippen LogP contribution in [0.15, 0.2) is 0 Å². The van der Waals surface area contributed by atoms with Crippen molar-refractivity contribution in [3.63, 3.8) is 0 Å². The molecule has 0 amide bonds. The molecule has 0 aromatic carbocycles. The van der Waals surface area contributed by atoms with Gasteiger partial charge >= 0.3 is 0 Å². The minimum Gasteiger partial charge on any atom is -0.870 e. The van der Waals surface area contributed by atoms with Crippen molar-refractivity contribution < 1.29 is 11.0 Å². The van der Waals surface area contributed by atoms with Crippen LogP contribution in [0.2, 0.25) is 0 Å². The fourth-order valence-electron chi connectivity index (χ4n) is 0. The predicted molar refractivity (Wildman–Crippen MR) is 17.1 cm³/mol. The van der Waals surface area contributed by atoms with Crippen molar-refractivity contribution >= 4 is 40.5 Å². The molecule has 3 N–H and O–H groups in total. The average Bonchev–Trinajstić information content (AvgIpc) is 0. The largest absolute Gasteiger partial charge is 0.870 e. The average molecular weight is 86.1 g/mol. The van der Waals surface area contributed by atoms with Crippen LogP contribution in [0, 0.1) is 0 Å². The van der Waals surface area contributed by atoms with Crippen LogP contribution in [0.3, 0.4) is 0 Å². The molecule has 0 heterocycles. The van der Waals surface area contributed by atoms with Crippen LogP contribution >= 0.6 is 0 Å². The Morgan fingerprint density at radius 2 is 1.00 bits per heavy atom. The first-order chi connectivity index (χ1) is 0. The van der Waals surface area contributed by atoms with E-state index in [0.717, 1.165) is 0 Å². The summed E-state index contributed by atoms with van der Waals surface area (Å²) in [5.74, 6) is 0. The van der Waals surface area contributed by atoms with Gasteiger partial charge in [-0.05, 0) is 0 Å². The summed E-state index contributed by atoms with van der Waals surface area (Å²) in [6, 6.07) is 0. The van der Waals surface area contributed by atoms with E-state index in [1.54, 1.807) is 0 Å². The Morgan fingerprint density at radius 3 is 1.00 bits per heavy atom. The molecule has 0 spiro atoms. The molecule has 0 aromatic heterocycles. The molecule has 0 bridgehead atoms. The molecule has 2 nitrogen and oxygen atoms in total. The van der Waals surface area contributed by atoms with E-state index >= 15 is 0 Å². The zero-order valence-corrected chi connectivity index (χ0v) is 5.45. The van der Waals surface area contributed by atoms with E-state index < -0.39 is 0 Å². The van der Waals surface area contributed by atoms with Gasteiger partial charge in [0.15, 0.2) is 0 Å². The van der Waals surface area contributed by atoms with Crippen molar-refractivity contribution in [1.29, 1.82) is 0 Å². The zero-order chi connectivity index (χ0) is 0. The fourth-order valence-corrected chi connectivity index (χ4v) is 0. The first-order valence-corrected chi connectivity index (χ1v) is 0. The Kier molecular flexibility index (Phi) is 536. The van der Waals surface area contributed by atoms with Gasteiger partial charge in [0.2, 0.25) is 0 Å². The molecular formula is H3NaO2Si-. The summed E-state index contributed by atoms with van der Waals surface area (Å²) < 4.78 is 0. The zero-order valence-electron chi connectivity index (χ0n) is 2.45. The SMILES string of the molecule is O.[Na].[OH-].[Si]. The summed E-state index contributed by atoms with van der Waals surface area (Å²) in [5.41, 5.74) is 0. The van der Waals surface area contributed by atoms with E-state index in [0.29, 0.717) is 0 Å². The third-order valence-corrected chi connectivity index (χ3v) is 0. The summed E-state index contributed by atoms with van der Waals surface area (Å²) in [6.07, 6.45) is 0. The minimum absolute atomic E-state index is 0. The topological polar surface area (TPSA) is 61.5 Å². The second-order valence-corrected chi connectivity index (χ2v) is 0. The van der Waals surface area contributed by atoms with Gasteiger partial charge in [-0.2, -0.15) is 0 Å². The molecule has 0 aliphatic heterocycles. The van der Waals surface area contributed by atoms with Crippen LogP contribution in [0.4, 0.5) is 0 Å². The summed E-state index contributed by atoms with van der Waals surface area (Å²) in [6.45, 7) is 0. The van der Waals surface area contributed by atoms with Crippen LogP contribution in [0.1, 0.15) is 0 Å². The number of hydrogen-bond acceptors (Lipinski definition) is 1. The third kappa shape index (κ3) is 11.1. The van der Waals surface area contributed by atoms with Gasteiger partial charge in [-0.1, -0.05) is 0 Å². The molecule has 0 aliphatic carbocycles. The molecule has 4 heteroatoms. The van der Waals surface area contributed by atoms with Gasteiger partial charge in [-0.25, -0.2) is 0 Å². The van der Waals surface area contributed by atoms with Gasteiger partial charge < -0.3 is 11.0 Å². The van der Waals surface area contributed by atoms with Gasteiger partial charge in [0.1, 0.15) is 0 Å². The molecule has 0 aliphatic rings. The molecule has 0 aromatic rings. The molecule has 0 fully saturated rings. The quantitative estimate of drug-likeness (QED) is 0.322. The van der Waals surface area contributed by atoms with E-state index in [-0.39, 0.29) is 51.5 Å². The Labute approximate surface area is 51.5 Å². The Balaban J connectivity index is 0. The van der Waals surface area contributed by atoms with Gasteiger partial charge in [0, 0.05) is 40.5 Å². The Bertz CT molecular complexity index is 6.00. The Morgan fingerprint density at radius 1 is 1.00 bits per heavy atom. The van der Waals surface area contributed by atoms with Crippen molar-refractivity contribution in [2.24, 2.45) is 0 Å². The van der Waals surface area contributed by atoms with Crippen LogP contribution in [-0.2, 0) is 0 Å². The second-order valence-electron chi connectivity index (χ2n) is 0. The molecule has 0 unspecified atom stereocenters. The van der Waals surface area contributed by atoms with Crippen LogP contribution in [0.5, 0.6) is 0 Å². The van der Waals surface area contributed by atoms with Gasteiger partial charge in [0.05, 0.1) is 0 Å². The molecule has 0 rings (SSSR count). The van der Waals surface area contributed by atoms with Crippen LogP contribution < -0.4 is 0 Å². The van der Waals surface area contributed by atoms with Crippen molar-refractivity contribution in [3.8, 4) is 0 Å². The van der Waals surface area contributed by atoms with Gasteiger partial charge in [-0.15, -0.1) is 0 Å². The van der Waals surface area contributed by atoms with Crippen molar-refractivity contribution in [2.45, 2.75) is 0 Å². The maximum Gasteiger partial charge on any atom is 0 e. The van der Waals surface area contributed by atoms with Gasteiger partial charge in [-0.3, -0.25) is 0 Å². The summed E-state index contributed by atoms with van der Waals surface area (Å²) >= 11 is 0. The summed E-state index contributed by atoms with van der Waals surface area (Å²) in [5, 5.41) is 0. The first-order valence-electron chi connectivity index (χ1n) is 0. The second kappa shape index (κ2) is 31.5. The van der Waals surface area contributed by atoms with Crippen LogP contribution in [-0.4, -0.2) is 51.5 Å².